The fourth-order valence-electron chi connectivity index (χ4n) is 4.31. The minimum atomic E-state index is -1.05. The van der Waals surface area contributed by atoms with Crippen LogP contribution in [0.4, 0.5) is 8.78 Å². The smallest absolute Gasteiger partial charge is 0.323 e. The highest BCUT2D eigenvalue weighted by atomic mass is 19.1. The Morgan fingerprint density at radius 3 is 2.56 bits per heavy atom. The molecule has 170 valence electrons. The van der Waals surface area contributed by atoms with E-state index in [1.807, 2.05) is 0 Å². The molecule has 0 saturated carbocycles. The quantitative estimate of drug-likeness (QED) is 0.426. The van der Waals surface area contributed by atoms with Crippen molar-refractivity contribution < 1.29 is 18.7 Å². The van der Waals surface area contributed by atoms with Gasteiger partial charge in [0.1, 0.15) is 23.9 Å². The van der Waals surface area contributed by atoms with Crippen LogP contribution in [0.25, 0.3) is 32.9 Å². The van der Waals surface area contributed by atoms with Crippen molar-refractivity contribution in [2.75, 3.05) is 0 Å². The number of benzene rings is 2. The number of hydrogen-bond acceptors (Lipinski definition) is 4. The number of fused-ring (bicyclic) bond motifs is 2. The molecule has 7 nitrogen and oxygen atoms in total. The van der Waals surface area contributed by atoms with Crippen LogP contribution in [0.1, 0.15) is 11.3 Å². The molecule has 0 saturated heterocycles. The maximum absolute atomic E-state index is 14.3. The maximum atomic E-state index is 14.3. The Labute approximate surface area is 191 Å². The predicted octanol–water partition coefficient (Wildman–Crippen LogP) is 4.13. The summed E-state index contributed by atoms with van der Waals surface area (Å²) in [6, 6.07) is 12.4. The highest BCUT2D eigenvalue weighted by Crippen LogP contribution is 2.37. The van der Waals surface area contributed by atoms with Gasteiger partial charge in [-0.25, -0.2) is 13.5 Å². The summed E-state index contributed by atoms with van der Waals surface area (Å²) in [5.74, 6) is -2.10. The van der Waals surface area contributed by atoms with Gasteiger partial charge in [0.15, 0.2) is 0 Å². The summed E-state index contributed by atoms with van der Waals surface area (Å²) < 4.78 is 31.3. The number of halogens is 2. The number of aliphatic carboxylic acids is 1. The third-order valence-corrected chi connectivity index (χ3v) is 5.86. The van der Waals surface area contributed by atoms with Gasteiger partial charge in [-0.3, -0.25) is 14.6 Å². The minimum absolute atomic E-state index is 0.133. The number of carboxylic acids is 1. The van der Waals surface area contributed by atoms with Crippen LogP contribution in [0.3, 0.4) is 0 Å². The van der Waals surface area contributed by atoms with Gasteiger partial charge >= 0.3 is 5.97 Å². The van der Waals surface area contributed by atoms with Crippen molar-refractivity contribution in [2.24, 2.45) is 0 Å². The molecule has 1 N–H and O–H groups in total. The number of rotatable bonds is 5. The summed E-state index contributed by atoms with van der Waals surface area (Å²) in [6.07, 6.45) is 2.49. The van der Waals surface area contributed by atoms with E-state index in [2.05, 4.69) is 10.1 Å². The maximum Gasteiger partial charge on any atom is 0.323 e. The Bertz CT molecular complexity index is 1660. The molecule has 34 heavy (non-hydrogen) atoms. The van der Waals surface area contributed by atoms with E-state index >= 15 is 0 Å². The lowest BCUT2D eigenvalue weighted by Gasteiger charge is -2.12. The fraction of sp³-hybridized carbons (Fsp3) is 0.120. The average Bonchev–Trinajstić information content (AvgIpc) is 3.07. The van der Waals surface area contributed by atoms with E-state index in [9.17, 15) is 23.5 Å². The molecule has 5 rings (SSSR count). The van der Waals surface area contributed by atoms with Gasteiger partial charge in [0, 0.05) is 39.3 Å². The van der Waals surface area contributed by atoms with Crippen LogP contribution in [0, 0.1) is 18.6 Å². The number of carboxylic acid groups (broad SMARTS) is 1. The first-order valence-electron chi connectivity index (χ1n) is 10.4. The van der Waals surface area contributed by atoms with Gasteiger partial charge in [0.2, 0.25) is 0 Å². The summed E-state index contributed by atoms with van der Waals surface area (Å²) in [4.78, 5) is 28.5. The Morgan fingerprint density at radius 1 is 1.06 bits per heavy atom. The minimum Gasteiger partial charge on any atom is -0.480 e. The first-order valence-corrected chi connectivity index (χ1v) is 10.4. The van der Waals surface area contributed by atoms with Crippen molar-refractivity contribution >= 4 is 27.6 Å². The van der Waals surface area contributed by atoms with Crippen molar-refractivity contribution in [1.82, 2.24) is 19.3 Å². The summed E-state index contributed by atoms with van der Waals surface area (Å²) >= 11 is 0. The van der Waals surface area contributed by atoms with E-state index in [-0.39, 0.29) is 18.7 Å². The average molecular weight is 460 g/mol. The number of pyridine rings is 1. The SMILES string of the molecule is Cc1c(-c2nn(Cc3ccncc3F)c(=O)c3ccccc23)c2cc(F)ccc2n1CC(=O)O. The van der Waals surface area contributed by atoms with Crippen LogP contribution in [-0.4, -0.2) is 30.4 Å². The molecule has 2 aromatic carbocycles. The Balaban J connectivity index is 1.84. The van der Waals surface area contributed by atoms with E-state index in [1.54, 1.807) is 35.8 Å². The first-order chi connectivity index (χ1) is 16.3. The summed E-state index contributed by atoms with van der Waals surface area (Å²) in [5.41, 5.74) is 1.80. The zero-order valence-electron chi connectivity index (χ0n) is 18.0. The second kappa shape index (κ2) is 8.18. The van der Waals surface area contributed by atoms with E-state index < -0.39 is 23.2 Å². The summed E-state index contributed by atoms with van der Waals surface area (Å²) in [5, 5.41) is 15.4. The molecule has 0 amide bonds. The van der Waals surface area contributed by atoms with Gasteiger partial charge < -0.3 is 9.67 Å². The van der Waals surface area contributed by atoms with Crippen LogP contribution in [0.15, 0.2) is 65.7 Å². The third kappa shape index (κ3) is 3.51. The van der Waals surface area contributed by atoms with Crippen LogP contribution in [0.5, 0.6) is 0 Å². The van der Waals surface area contributed by atoms with E-state index in [1.165, 1.54) is 30.5 Å². The second-order valence-corrected chi connectivity index (χ2v) is 7.93. The molecule has 0 atom stereocenters. The van der Waals surface area contributed by atoms with Crippen molar-refractivity contribution in [3.05, 3.63) is 94.2 Å². The lowest BCUT2D eigenvalue weighted by molar-refractivity contribution is -0.137. The predicted molar refractivity (Wildman–Crippen MR) is 123 cm³/mol. The molecule has 0 radical (unpaired) electrons. The van der Waals surface area contributed by atoms with Gasteiger partial charge in [-0.15, -0.1) is 0 Å². The largest absolute Gasteiger partial charge is 0.480 e. The van der Waals surface area contributed by atoms with Crippen molar-refractivity contribution in [3.63, 3.8) is 0 Å². The molecule has 0 spiro atoms. The first kappa shape index (κ1) is 21.4. The highest BCUT2D eigenvalue weighted by Gasteiger charge is 2.22. The van der Waals surface area contributed by atoms with Crippen LogP contribution in [0.2, 0.25) is 0 Å². The van der Waals surface area contributed by atoms with Gasteiger partial charge in [0.05, 0.1) is 18.1 Å². The molecule has 3 aromatic heterocycles. The lowest BCUT2D eigenvalue weighted by Crippen LogP contribution is -2.25. The lowest BCUT2D eigenvalue weighted by atomic mass is 10.0. The Hall–Kier alpha value is -4.40. The second-order valence-electron chi connectivity index (χ2n) is 7.93. The van der Waals surface area contributed by atoms with Crippen LogP contribution in [-0.2, 0) is 17.9 Å². The Morgan fingerprint density at radius 2 is 1.82 bits per heavy atom. The van der Waals surface area contributed by atoms with Crippen molar-refractivity contribution in [3.8, 4) is 11.3 Å². The fourth-order valence-corrected chi connectivity index (χ4v) is 4.31. The Kier molecular flexibility index (Phi) is 5.16. The van der Waals surface area contributed by atoms with Crippen LogP contribution < -0.4 is 5.56 Å². The number of aromatic nitrogens is 4. The van der Waals surface area contributed by atoms with E-state index in [4.69, 9.17) is 0 Å². The standard InChI is InChI=1S/C25H18F2N4O3/c1-14-23(19-10-16(26)6-7-21(19)30(14)13-22(32)33)24-17-4-2-3-5-18(17)25(34)31(29-24)12-15-8-9-28-11-20(15)27/h2-11H,12-13H2,1H3,(H,32,33). The zero-order chi connectivity index (χ0) is 24.0. The van der Waals surface area contributed by atoms with E-state index in [0.29, 0.717) is 38.6 Å². The molecule has 0 fully saturated rings. The number of hydrogen-bond donors (Lipinski definition) is 1. The van der Waals surface area contributed by atoms with E-state index in [0.717, 1.165) is 10.9 Å². The number of carbonyl (C=O) groups is 1. The normalized spacial score (nSPS) is 11.4. The van der Waals surface area contributed by atoms with Gasteiger partial charge in [0.25, 0.3) is 5.56 Å². The van der Waals surface area contributed by atoms with Gasteiger partial charge in [-0.05, 0) is 37.3 Å². The monoisotopic (exact) mass is 460 g/mol. The molecule has 0 aliphatic carbocycles. The van der Waals surface area contributed by atoms with Crippen molar-refractivity contribution in [1.29, 1.82) is 0 Å². The molecule has 0 aliphatic rings. The summed E-state index contributed by atoms with van der Waals surface area (Å²) in [6.45, 7) is 1.27. The molecule has 0 aliphatic heterocycles. The van der Waals surface area contributed by atoms with Gasteiger partial charge in [-0.1, -0.05) is 18.2 Å². The molecule has 5 aromatic rings. The van der Waals surface area contributed by atoms with Crippen molar-refractivity contribution in [2.45, 2.75) is 20.0 Å². The molecule has 9 heteroatoms. The zero-order valence-corrected chi connectivity index (χ0v) is 18.0. The molecule has 0 bridgehead atoms. The molecule has 0 unspecified atom stereocenters. The molecular weight excluding hydrogens is 442 g/mol. The third-order valence-electron chi connectivity index (χ3n) is 5.86. The number of nitrogens with zero attached hydrogens (tertiary/aromatic N) is 4. The summed E-state index contributed by atoms with van der Waals surface area (Å²) in [7, 11) is 0. The van der Waals surface area contributed by atoms with Gasteiger partial charge in [-0.2, -0.15) is 5.10 Å². The molecule has 3 heterocycles. The van der Waals surface area contributed by atoms with Crippen LogP contribution >= 0.6 is 0 Å². The topological polar surface area (TPSA) is 90.0 Å². The highest BCUT2D eigenvalue weighted by molar-refractivity contribution is 6.05. The molecular formula is C25H18F2N4O3.